The van der Waals surface area contributed by atoms with Crippen LogP contribution in [0, 0.1) is 0 Å². The first-order chi connectivity index (χ1) is 22.0. The van der Waals surface area contributed by atoms with E-state index in [0.717, 1.165) is 0 Å². The number of ether oxygens (including phenoxy) is 2. The molecule has 46 heavy (non-hydrogen) atoms. The first-order valence-electron chi connectivity index (χ1n) is 15.0. The molecule has 1 saturated carbocycles. The number of aliphatic hydroxyl groups excluding tert-OH is 4. The quantitative estimate of drug-likeness (QED) is 0.0772. The van der Waals surface area contributed by atoms with Gasteiger partial charge in [0.25, 0.3) is 0 Å². The van der Waals surface area contributed by atoms with Crippen LogP contribution in [0.15, 0.2) is 0 Å². The van der Waals surface area contributed by atoms with E-state index in [1.165, 1.54) is 0 Å². The second kappa shape index (κ2) is 20.0. The summed E-state index contributed by atoms with van der Waals surface area (Å²) in [6, 6.07) is -6.48. The third-order valence-electron chi connectivity index (χ3n) is 7.11. The SMILES string of the molecule is NCCNC(=O)NC[C@H]1O[C@H](O[C@H]2[C@H](O)[C@@H](O)[C@H](NC(=O)NCCN)C[C@@H]2NC(=O)NCCN)[C@H](NC(=O)NCCN)[C@@H](O)[C@@H]1O. The molecule has 266 valence electrons. The van der Waals surface area contributed by atoms with Gasteiger partial charge in [-0.2, -0.15) is 0 Å². The number of nitrogens with one attached hydrogen (secondary N) is 8. The van der Waals surface area contributed by atoms with Crippen LogP contribution in [0.4, 0.5) is 19.2 Å². The molecule has 0 radical (unpaired) electrons. The molecule has 1 aliphatic carbocycles. The number of urea groups is 4. The average molecular weight is 667 g/mol. The molecule has 2 rings (SSSR count). The minimum atomic E-state index is -1.77. The molecule has 1 saturated heterocycles. The van der Waals surface area contributed by atoms with E-state index in [9.17, 15) is 39.6 Å². The maximum absolute atomic E-state index is 12.6. The van der Waals surface area contributed by atoms with E-state index in [-0.39, 0.29) is 65.3 Å². The molecule has 0 unspecified atom stereocenters. The predicted molar refractivity (Wildman–Crippen MR) is 161 cm³/mol. The molecule has 8 amide bonds. The number of hydrogen-bond acceptors (Lipinski definition) is 14. The van der Waals surface area contributed by atoms with Crippen molar-refractivity contribution in [3.63, 3.8) is 0 Å². The molecule has 2 aliphatic rings. The van der Waals surface area contributed by atoms with Gasteiger partial charge in [-0.25, -0.2) is 19.2 Å². The van der Waals surface area contributed by atoms with Crippen molar-refractivity contribution in [3.05, 3.63) is 0 Å². The lowest BCUT2D eigenvalue weighted by Crippen LogP contribution is -2.70. The van der Waals surface area contributed by atoms with Crippen LogP contribution in [-0.2, 0) is 9.47 Å². The third-order valence-corrected chi connectivity index (χ3v) is 7.11. The lowest BCUT2D eigenvalue weighted by Gasteiger charge is -2.48. The molecule has 0 aromatic carbocycles. The highest BCUT2D eigenvalue weighted by Crippen LogP contribution is 2.29. The van der Waals surface area contributed by atoms with Crippen molar-refractivity contribution >= 4 is 24.1 Å². The molecule has 0 aromatic rings. The van der Waals surface area contributed by atoms with Gasteiger partial charge in [0, 0.05) is 58.9 Å². The zero-order valence-corrected chi connectivity index (χ0v) is 25.4. The van der Waals surface area contributed by atoms with Crippen molar-refractivity contribution in [2.45, 2.75) is 67.5 Å². The molecule has 1 heterocycles. The summed E-state index contributed by atoms with van der Waals surface area (Å²) in [5.41, 5.74) is 21.7. The minimum Gasteiger partial charge on any atom is -0.388 e. The molecule has 2 fully saturated rings. The molecule has 10 atom stereocenters. The minimum absolute atomic E-state index is 0.0682. The number of carbonyl (C=O) groups is 4. The average Bonchev–Trinajstić information content (AvgIpc) is 3.03. The Bertz CT molecular complexity index is 969. The summed E-state index contributed by atoms with van der Waals surface area (Å²) >= 11 is 0. The van der Waals surface area contributed by atoms with Gasteiger partial charge in [-0.15, -0.1) is 0 Å². The second-order valence-corrected chi connectivity index (χ2v) is 10.6. The fourth-order valence-corrected chi connectivity index (χ4v) is 4.84. The van der Waals surface area contributed by atoms with Gasteiger partial charge in [0.2, 0.25) is 0 Å². The predicted octanol–water partition coefficient (Wildman–Crippen LogP) is -7.92. The largest absolute Gasteiger partial charge is 0.388 e. The first kappa shape index (κ1) is 38.9. The third kappa shape index (κ3) is 11.8. The van der Waals surface area contributed by atoms with E-state index < -0.39 is 85.2 Å². The first-order valence-corrected chi connectivity index (χ1v) is 15.0. The summed E-state index contributed by atoms with van der Waals surface area (Å²) in [4.78, 5) is 49.5. The monoisotopic (exact) mass is 666 g/mol. The number of carbonyl (C=O) groups excluding carboxylic acids is 4. The Morgan fingerprint density at radius 3 is 1.61 bits per heavy atom. The van der Waals surface area contributed by atoms with Crippen LogP contribution in [0.5, 0.6) is 0 Å². The van der Waals surface area contributed by atoms with Crippen LogP contribution >= 0.6 is 0 Å². The number of hydrogen-bond donors (Lipinski definition) is 16. The zero-order valence-electron chi connectivity index (χ0n) is 25.4. The number of aliphatic hydroxyl groups is 4. The van der Waals surface area contributed by atoms with E-state index in [4.69, 9.17) is 32.4 Å². The fourth-order valence-electron chi connectivity index (χ4n) is 4.84. The number of amides is 8. The molecule has 0 bridgehead atoms. The van der Waals surface area contributed by atoms with Gasteiger partial charge in [-0.3, -0.25) is 0 Å². The topological polar surface area (TPSA) is 368 Å². The Kier molecular flexibility index (Phi) is 16.9. The summed E-state index contributed by atoms with van der Waals surface area (Å²) < 4.78 is 11.9. The molecule has 22 nitrogen and oxygen atoms in total. The van der Waals surface area contributed by atoms with Gasteiger partial charge in [-0.1, -0.05) is 0 Å². The van der Waals surface area contributed by atoms with Crippen LogP contribution in [0.3, 0.4) is 0 Å². The lowest BCUT2D eigenvalue weighted by atomic mass is 9.83. The maximum Gasteiger partial charge on any atom is 0.315 e. The van der Waals surface area contributed by atoms with Crippen molar-refractivity contribution in [2.24, 2.45) is 22.9 Å². The number of nitrogens with two attached hydrogens (primary N) is 4. The van der Waals surface area contributed by atoms with Crippen LogP contribution in [-0.4, -0.2) is 164 Å². The van der Waals surface area contributed by atoms with Crippen LogP contribution in [0.1, 0.15) is 6.42 Å². The Hall–Kier alpha value is -3.32. The number of rotatable bonds is 15. The molecule has 0 spiro atoms. The summed E-state index contributed by atoms with van der Waals surface area (Å²) in [5, 5.41) is 63.9. The maximum atomic E-state index is 12.6. The molecule has 22 heteroatoms. The van der Waals surface area contributed by atoms with Gasteiger partial charge in [-0.05, 0) is 6.42 Å². The Morgan fingerprint density at radius 1 is 0.609 bits per heavy atom. The van der Waals surface area contributed by atoms with Gasteiger partial charge >= 0.3 is 24.1 Å². The Labute approximate surface area is 265 Å². The van der Waals surface area contributed by atoms with Gasteiger partial charge < -0.3 is 95.4 Å². The standard InChI is InChI=1S/C24H50N12O10/c25-1-5-29-21(41)33-10-13-16(38)17(39)14(36-24(44)32-8-4-28)20(45-13)46-19-12(35-23(43)31-7-3-27)9-11(15(37)18(19)40)34-22(42)30-6-2-26/h11-20,37-40H,1-10,25-28H2,(H2,29,33,41)(H2,30,34,42)(H2,31,35,43)(H2,32,36,44)/t11-,12+,13-,14-,15+,16-,17-,18-,19-,20-/m1/s1. The van der Waals surface area contributed by atoms with E-state index in [2.05, 4.69) is 42.5 Å². The van der Waals surface area contributed by atoms with Crippen molar-refractivity contribution in [1.82, 2.24) is 42.5 Å². The van der Waals surface area contributed by atoms with Gasteiger partial charge in [0.15, 0.2) is 6.29 Å². The van der Waals surface area contributed by atoms with E-state index in [1.54, 1.807) is 0 Å². The van der Waals surface area contributed by atoms with E-state index >= 15 is 0 Å². The summed E-state index contributed by atoms with van der Waals surface area (Å²) in [6.45, 7) is 0.697. The van der Waals surface area contributed by atoms with Crippen LogP contribution in [0.25, 0.3) is 0 Å². The molecule has 20 N–H and O–H groups in total. The molecule has 1 aliphatic heterocycles. The van der Waals surface area contributed by atoms with Gasteiger partial charge in [0.1, 0.15) is 42.7 Å². The van der Waals surface area contributed by atoms with Crippen molar-refractivity contribution < 1.29 is 49.1 Å². The van der Waals surface area contributed by atoms with Crippen molar-refractivity contribution in [2.75, 3.05) is 58.9 Å². The highest BCUT2D eigenvalue weighted by Gasteiger charge is 2.51. The van der Waals surface area contributed by atoms with Crippen LogP contribution < -0.4 is 65.5 Å². The summed E-state index contributed by atoms with van der Waals surface area (Å²) in [5.74, 6) is 0. The highest BCUT2D eigenvalue weighted by atomic mass is 16.7. The van der Waals surface area contributed by atoms with Gasteiger partial charge in [0.05, 0.1) is 12.1 Å². The second-order valence-electron chi connectivity index (χ2n) is 10.6. The fraction of sp³-hybridized carbons (Fsp3) is 0.833. The van der Waals surface area contributed by atoms with E-state index in [1.807, 2.05) is 0 Å². The van der Waals surface area contributed by atoms with Crippen molar-refractivity contribution in [1.29, 1.82) is 0 Å². The molecular weight excluding hydrogens is 616 g/mol. The molecule has 0 aromatic heterocycles. The Morgan fingerprint density at radius 2 is 1.09 bits per heavy atom. The zero-order chi connectivity index (χ0) is 34.2. The lowest BCUT2D eigenvalue weighted by molar-refractivity contribution is -0.292. The summed E-state index contributed by atoms with van der Waals surface area (Å²) in [6.07, 6.45) is -11.3. The highest BCUT2D eigenvalue weighted by molar-refractivity contribution is 5.75. The molecular formula is C24H50N12O10. The summed E-state index contributed by atoms with van der Waals surface area (Å²) in [7, 11) is 0. The Balaban J connectivity index is 2.35. The smallest absolute Gasteiger partial charge is 0.315 e. The van der Waals surface area contributed by atoms with E-state index in [0.29, 0.717) is 0 Å². The van der Waals surface area contributed by atoms with Crippen molar-refractivity contribution in [3.8, 4) is 0 Å². The normalized spacial score (nSPS) is 30.8. The van der Waals surface area contributed by atoms with Crippen LogP contribution in [0.2, 0.25) is 0 Å².